The van der Waals surface area contributed by atoms with Gasteiger partial charge in [0.25, 0.3) is 0 Å². The normalized spacial score (nSPS) is 26.2. The second-order valence-electron chi connectivity index (χ2n) is 8.86. The van der Waals surface area contributed by atoms with Gasteiger partial charge in [0, 0.05) is 18.3 Å². The van der Waals surface area contributed by atoms with Gasteiger partial charge in [0.15, 0.2) is 23.0 Å². The average Bonchev–Trinajstić information content (AvgIpc) is 3.55. The molecule has 2 aromatic carbocycles. The number of ether oxygens (including phenoxy) is 6. The largest absolute Gasteiger partial charge is 0.493 e. The summed E-state index contributed by atoms with van der Waals surface area (Å²) in [6.45, 7) is 7.48. The summed E-state index contributed by atoms with van der Waals surface area (Å²) in [5, 5.41) is 9.90. The van der Waals surface area contributed by atoms with E-state index in [2.05, 4.69) is 6.58 Å². The van der Waals surface area contributed by atoms with E-state index in [9.17, 15) is 5.11 Å². The molecule has 7 heteroatoms. The third kappa shape index (κ3) is 4.28. The van der Waals surface area contributed by atoms with Crippen LogP contribution < -0.4 is 18.9 Å². The van der Waals surface area contributed by atoms with E-state index in [4.69, 9.17) is 28.4 Å². The number of hydrogen-bond acceptors (Lipinski definition) is 7. The molecule has 33 heavy (non-hydrogen) atoms. The van der Waals surface area contributed by atoms with Crippen LogP contribution in [0.5, 0.6) is 23.0 Å². The molecular formula is C26H30O7. The van der Waals surface area contributed by atoms with E-state index in [1.165, 1.54) is 0 Å². The summed E-state index contributed by atoms with van der Waals surface area (Å²) in [7, 11) is 1.63. The molecule has 7 nitrogen and oxygen atoms in total. The van der Waals surface area contributed by atoms with Crippen LogP contribution >= 0.6 is 0 Å². The highest BCUT2D eigenvalue weighted by atomic mass is 16.7. The predicted molar refractivity (Wildman–Crippen MR) is 121 cm³/mol. The molecule has 2 saturated heterocycles. The van der Waals surface area contributed by atoms with Gasteiger partial charge in [0.2, 0.25) is 6.79 Å². The first-order chi connectivity index (χ1) is 16.0. The van der Waals surface area contributed by atoms with Crippen molar-refractivity contribution in [1.29, 1.82) is 0 Å². The van der Waals surface area contributed by atoms with Crippen LogP contribution in [0.25, 0.3) is 0 Å². The SMILES string of the molecule is C=C(C)[C@H](O)CCOc1ccc([C@@H]2OC[C@H]3[C@H]2CO[C@@H]3c2ccc3c(c2)OCO3)cc1OC. The number of rotatable bonds is 8. The van der Waals surface area contributed by atoms with Crippen molar-refractivity contribution in [1.82, 2.24) is 0 Å². The second-order valence-corrected chi connectivity index (χ2v) is 8.86. The Kier molecular flexibility index (Phi) is 6.19. The zero-order valence-corrected chi connectivity index (χ0v) is 19.0. The molecule has 2 aromatic rings. The first-order valence-corrected chi connectivity index (χ1v) is 11.3. The molecule has 0 unspecified atom stereocenters. The zero-order valence-electron chi connectivity index (χ0n) is 19.0. The summed E-state index contributed by atoms with van der Waals surface area (Å²) >= 11 is 0. The fourth-order valence-electron chi connectivity index (χ4n) is 4.83. The summed E-state index contributed by atoms with van der Waals surface area (Å²) < 4.78 is 34.9. The number of hydrogen-bond donors (Lipinski definition) is 1. The Hall–Kier alpha value is -2.74. The van der Waals surface area contributed by atoms with Crippen molar-refractivity contribution in [3.8, 4) is 23.0 Å². The Morgan fingerprint density at radius 2 is 1.67 bits per heavy atom. The average molecular weight is 455 g/mol. The minimum Gasteiger partial charge on any atom is -0.493 e. The zero-order chi connectivity index (χ0) is 22.9. The van der Waals surface area contributed by atoms with E-state index in [0.717, 1.165) is 28.2 Å². The summed E-state index contributed by atoms with van der Waals surface area (Å²) in [5.41, 5.74) is 2.87. The van der Waals surface area contributed by atoms with Gasteiger partial charge in [-0.25, -0.2) is 0 Å². The molecule has 0 aromatic heterocycles. The van der Waals surface area contributed by atoms with Gasteiger partial charge in [0.1, 0.15) is 0 Å². The highest BCUT2D eigenvalue weighted by Gasteiger charge is 2.48. The van der Waals surface area contributed by atoms with E-state index in [1.54, 1.807) is 14.0 Å². The minimum absolute atomic E-state index is 0.0289. The Bertz CT molecular complexity index is 1020. The van der Waals surface area contributed by atoms with Crippen molar-refractivity contribution in [2.75, 3.05) is 33.7 Å². The lowest BCUT2D eigenvalue weighted by atomic mass is 9.85. The molecule has 5 rings (SSSR count). The molecule has 0 saturated carbocycles. The van der Waals surface area contributed by atoms with Gasteiger partial charge in [-0.1, -0.05) is 24.3 Å². The van der Waals surface area contributed by atoms with Crippen LogP contribution in [0.15, 0.2) is 48.6 Å². The number of benzene rings is 2. The lowest BCUT2D eigenvalue weighted by Gasteiger charge is -2.19. The van der Waals surface area contributed by atoms with Crippen molar-refractivity contribution in [2.45, 2.75) is 31.7 Å². The van der Waals surface area contributed by atoms with Gasteiger partial charge in [-0.2, -0.15) is 0 Å². The van der Waals surface area contributed by atoms with Crippen LogP contribution in [-0.4, -0.2) is 44.9 Å². The molecule has 1 N–H and O–H groups in total. The molecule has 0 aliphatic carbocycles. The highest BCUT2D eigenvalue weighted by Crippen LogP contribution is 2.51. The molecule has 5 atom stereocenters. The lowest BCUT2D eigenvalue weighted by molar-refractivity contribution is 0.0191. The Balaban J connectivity index is 1.27. The molecule has 0 spiro atoms. The smallest absolute Gasteiger partial charge is 0.231 e. The van der Waals surface area contributed by atoms with Crippen LogP contribution in [0.3, 0.4) is 0 Å². The van der Waals surface area contributed by atoms with Gasteiger partial charge in [-0.15, -0.1) is 0 Å². The third-order valence-corrected chi connectivity index (χ3v) is 6.72. The van der Waals surface area contributed by atoms with E-state index < -0.39 is 6.10 Å². The van der Waals surface area contributed by atoms with Crippen LogP contribution in [0.2, 0.25) is 0 Å². The van der Waals surface area contributed by atoms with Crippen molar-refractivity contribution >= 4 is 0 Å². The molecule has 176 valence electrons. The first-order valence-electron chi connectivity index (χ1n) is 11.3. The molecule has 0 amide bonds. The fraction of sp³-hybridized carbons (Fsp3) is 0.462. The lowest BCUT2D eigenvalue weighted by Crippen LogP contribution is -2.15. The third-order valence-electron chi connectivity index (χ3n) is 6.72. The van der Waals surface area contributed by atoms with E-state index in [-0.39, 0.29) is 30.8 Å². The summed E-state index contributed by atoms with van der Waals surface area (Å²) in [4.78, 5) is 0. The number of aliphatic hydroxyl groups is 1. The molecule has 0 bridgehead atoms. The molecule has 2 fully saturated rings. The maximum absolute atomic E-state index is 9.90. The van der Waals surface area contributed by atoms with Crippen molar-refractivity contribution in [2.24, 2.45) is 11.8 Å². The van der Waals surface area contributed by atoms with Crippen LogP contribution in [-0.2, 0) is 9.47 Å². The molecule has 0 radical (unpaired) electrons. The topological polar surface area (TPSA) is 75.6 Å². The molecule has 3 heterocycles. The van der Waals surface area contributed by atoms with Gasteiger partial charge in [-0.3, -0.25) is 0 Å². The molecule has 3 aliphatic rings. The van der Waals surface area contributed by atoms with Crippen LogP contribution in [0.1, 0.15) is 36.7 Å². The highest BCUT2D eigenvalue weighted by molar-refractivity contribution is 5.46. The van der Waals surface area contributed by atoms with Gasteiger partial charge >= 0.3 is 0 Å². The molecular weight excluding hydrogens is 424 g/mol. The summed E-state index contributed by atoms with van der Waals surface area (Å²) in [6, 6.07) is 11.9. The summed E-state index contributed by atoms with van der Waals surface area (Å²) in [6.07, 6.45) is -0.186. The Morgan fingerprint density at radius 1 is 1.00 bits per heavy atom. The Labute approximate surface area is 193 Å². The van der Waals surface area contributed by atoms with E-state index >= 15 is 0 Å². The second kappa shape index (κ2) is 9.25. The number of aliphatic hydroxyl groups excluding tert-OH is 1. The van der Waals surface area contributed by atoms with Crippen LogP contribution in [0.4, 0.5) is 0 Å². The van der Waals surface area contributed by atoms with Gasteiger partial charge < -0.3 is 33.5 Å². The van der Waals surface area contributed by atoms with Crippen molar-refractivity contribution in [3.63, 3.8) is 0 Å². The Morgan fingerprint density at radius 3 is 2.36 bits per heavy atom. The number of methoxy groups -OCH3 is 1. The standard InChI is InChI=1S/C26H30O7/c1-15(2)20(27)8-9-29-21-6-4-16(10-23(21)28-3)25-18-12-31-26(19(18)13-30-25)17-5-7-22-24(11-17)33-14-32-22/h4-7,10-11,18-20,25-27H,1,8-9,12-14H2,2-3H3/t18-,19+,20-,25+,26-/m1/s1. The van der Waals surface area contributed by atoms with Crippen molar-refractivity contribution in [3.05, 3.63) is 59.7 Å². The maximum atomic E-state index is 9.90. The van der Waals surface area contributed by atoms with Gasteiger partial charge in [-0.05, 0) is 42.3 Å². The van der Waals surface area contributed by atoms with Gasteiger partial charge in [0.05, 0.1) is 45.2 Å². The first kappa shape index (κ1) is 22.1. The van der Waals surface area contributed by atoms with E-state index in [1.807, 2.05) is 36.4 Å². The fourth-order valence-corrected chi connectivity index (χ4v) is 4.83. The number of fused-ring (bicyclic) bond motifs is 2. The molecule has 3 aliphatic heterocycles. The van der Waals surface area contributed by atoms with Crippen molar-refractivity contribution < 1.29 is 33.5 Å². The van der Waals surface area contributed by atoms with Crippen LogP contribution in [0, 0.1) is 11.8 Å². The predicted octanol–water partition coefficient (Wildman–Crippen LogP) is 4.21. The minimum atomic E-state index is -0.570. The monoisotopic (exact) mass is 454 g/mol. The van der Waals surface area contributed by atoms with E-state index in [0.29, 0.717) is 37.7 Å². The maximum Gasteiger partial charge on any atom is 0.231 e. The quantitative estimate of drug-likeness (QED) is 0.599. The summed E-state index contributed by atoms with van der Waals surface area (Å²) in [5.74, 6) is 3.35.